The van der Waals surface area contributed by atoms with E-state index in [2.05, 4.69) is 37.5 Å². The minimum Gasteiger partial charge on any atom is -0.480 e. The first-order chi connectivity index (χ1) is 8.17. The van der Waals surface area contributed by atoms with Crippen molar-refractivity contribution in [3.63, 3.8) is 0 Å². The molecule has 17 heavy (non-hydrogen) atoms. The van der Waals surface area contributed by atoms with E-state index < -0.39 is 0 Å². The molecule has 2 heterocycles. The number of H-pyrrole nitrogens is 1. The molecule has 0 unspecified atom stereocenters. The number of imidazole rings is 1. The summed E-state index contributed by atoms with van der Waals surface area (Å²) in [6, 6.07) is 1.86. The van der Waals surface area contributed by atoms with E-state index in [9.17, 15) is 4.79 Å². The zero-order chi connectivity index (χ0) is 12.4. The van der Waals surface area contributed by atoms with Gasteiger partial charge < -0.3 is 9.72 Å². The molecule has 0 fully saturated rings. The van der Waals surface area contributed by atoms with Crippen LogP contribution in [0.15, 0.2) is 12.3 Å². The molecule has 2 aromatic heterocycles. The molecule has 0 bridgehead atoms. The van der Waals surface area contributed by atoms with Crippen molar-refractivity contribution >= 4 is 28.9 Å². The van der Waals surface area contributed by atoms with Crippen LogP contribution in [0.25, 0.3) is 11.4 Å². The summed E-state index contributed by atoms with van der Waals surface area (Å²) in [4.78, 5) is 22.2. The zero-order valence-electron chi connectivity index (χ0n) is 9.32. The number of pyridine rings is 1. The third-order valence-electron chi connectivity index (χ3n) is 2.34. The highest BCUT2D eigenvalue weighted by Crippen LogP contribution is 2.30. The van der Waals surface area contributed by atoms with E-state index in [0.29, 0.717) is 23.1 Å². The van der Waals surface area contributed by atoms with Gasteiger partial charge in [0.15, 0.2) is 6.29 Å². The Morgan fingerprint density at radius 3 is 2.88 bits per heavy atom. The number of methoxy groups -OCH3 is 1. The number of hydrogen-bond acceptors (Lipinski definition) is 4. The maximum absolute atomic E-state index is 10.8. The molecule has 2 rings (SSSR count). The highest BCUT2D eigenvalue weighted by atomic mass is 127. The molecule has 0 amide bonds. The molecule has 0 saturated carbocycles. The largest absolute Gasteiger partial charge is 0.480 e. The summed E-state index contributed by atoms with van der Waals surface area (Å²) in [5, 5.41) is 0. The number of nitrogens with one attached hydrogen (secondary N) is 1. The highest BCUT2D eigenvalue weighted by Gasteiger charge is 2.16. The molecule has 1 N–H and O–H groups in total. The van der Waals surface area contributed by atoms with Crippen LogP contribution in [0, 0.1) is 10.5 Å². The van der Waals surface area contributed by atoms with Gasteiger partial charge >= 0.3 is 0 Å². The second-order valence-corrected chi connectivity index (χ2v) is 4.54. The molecule has 2 aromatic rings. The number of halogens is 1. The van der Waals surface area contributed by atoms with Crippen molar-refractivity contribution in [1.29, 1.82) is 0 Å². The first-order valence-corrected chi connectivity index (χ1v) is 5.96. The predicted octanol–water partition coefficient (Wildman–Crippen LogP) is 2.21. The number of aryl methyl sites for hydroxylation is 1. The predicted molar refractivity (Wildman–Crippen MR) is 71.2 cm³/mol. The molecule has 5 nitrogen and oxygen atoms in total. The Balaban J connectivity index is 2.62. The average molecular weight is 343 g/mol. The first-order valence-electron chi connectivity index (χ1n) is 4.88. The SMILES string of the molecule is COc1nccc(I)c1-c1nc(C)c(C=O)[nH]1. The lowest BCUT2D eigenvalue weighted by Crippen LogP contribution is -1.95. The van der Waals surface area contributed by atoms with Gasteiger partial charge in [-0.25, -0.2) is 9.97 Å². The molecule has 6 heteroatoms. The normalized spacial score (nSPS) is 10.3. The topological polar surface area (TPSA) is 67.9 Å². The Kier molecular flexibility index (Phi) is 3.41. The fourth-order valence-electron chi connectivity index (χ4n) is 1.50. The fourth-order valence-corrected chi connectivity index (χ4v) is 2.14. The van der Waals surface area contributed by atoms with Gasteiger partial charge in [-0.2, -0.15) is 0 Å². The standard InChI is InChI=1S/C11H10IN3O2/c1-6-8(5-16)15-10(14-6)9-7(12)3-4-13-11(9)17-2/h3-5H,1-2H3,(H,14,15). The summed E-state index contributed by atoms with van der Waals surface area (Å²) in [6.45, 7) is 1.78. The summed E-state index contributed by atoms with van der Waals surface area (Å²) in [7, 11) is 1.55. The number of aldehydes is 1. The third kappa shape index (κ3) is 2.17. The molecule has 0 saturated heterocycles. The minimum atomic E-state index is 0.474. The van der Waals surface area contributed by atoms with Gasteiger partial charge in [0.1, 0.15) is 11.5 Å². The summed E-state index contributed by atoms with van der Waals surface area (Å²) >= 11 is 2.18. The number of carbonyl (C=O) groups is 1. The maximum Gasteiger partial charge on any atom is 0.225 e. The maximum atomic E-state index is 10.8. The summed E-state index contributed by atoms with van der Waals surface area (Å²) in [5.74, 6) is 1.09. The second kappa shape index (κ2) is 4.82. The van der Waals surface area contributed by atoms with Crippen molar-refractivity contribution in [1.82, 2.24) is 15.0 Å². The van der Waals surface area contributed by atoms with Crippen LogP contribution in [-0.2, 0) is 0 Å². The Labute approximate surface area is 112 Å². The fraction of sp³-hybridized carbons (Fsp3) is 0.182. The van der Waals surface area contributed by atoms with Crippen molar-refractivity contribution in [3.8, 4) is 17.3 Å². The number of rotatable bonds is 3. The summed E-state index contributed by atoms with van der Waals surface area (Å²) in [5.41, 5.74) is 1.91. The smallest absolute Gasteiger partial charge is 0.225 e. The van der Waals surface area contributed by atoms with Crippen LogP contribution in [0.2, 0.25) is 0 Å². The van der Waals surface area contributed by atoms with Crippen LogP contribution in [0.4, 0.5) is 0 Å². The molecule has 0 aliphatic heterocycles. The number of hydrogen-bond donors (Lipinski definition) is 1. The molecule has 0 aliphatic rings. The monoisotopic (exact) mass is 343 g/mol. The van der Waals surface area contributed by atoms with Crippen molar-refractivity contribution in [2.45, 2.75) is 6.92 Å². The van der Waals surface area contributed by atoms with Crippen molar-refractivity contribution in [3.05, 3.63) is 27.2 Å². The highest BCUT2D eigenvalue weighted by molar-refractivity contribution is 14.1. The lowest BCUT2D eigenvalue weighted by molar-refractivity contribution is 0.111. The van der Waals surface area contributed by atoms with E-state index in [1.165, 1.54) is 0 Å². The Hall–Kier alpha value is -1.44. The van der Waals surface area contributed by atoms with Crippen LogP contribution in [0.5, 0.6) is 5.88 Å². The average Bonchev–Trinajstić information content (AvgIpc) is 2.69. The van der Waals surface area contributed by atoms with Crippen molar-refractivity contribution in [2.75, 3.05) is 7.11 Å². The molecule has 0 atom stereocenters. The lowest BCUT2D eigenvalue weighted by atomic mass is 10.2. The van der Waals surface area contributed by atoms with Gasteiger partial charge in [-0.15, -0.1) is 0 Å². The molecule has 0 aliphatic carbocycles. The van der Waals surface area contributed by atoms with E-state index in [4.69, 9.17) is 4.74 Å². The van der Waals surface area contributed by atoms with Gasteiger partial charge in [0.25, 0.3) is 0 Å². The number of ether oxygens (including phenoxy) is 1. The molecule has 0 radical (unpaired) electrons. The number of aromatic nitrogens is 3. The van der Waals surface area contributed by atoms with Crippen LogP contribution in [-0.4, -0.2) is 28.3 Å². The first kappa shape index (κ1) is 12.0. The Morgan fingerprint density at radius 1 is 1.53 bits per heavy atom. The summed E-state index contributed by atoms with van der Waals surface area (Å²) in [6.07, 6.45) is 2.42. The number of nitrogens with zero attached hydrogens (tertiary/aromatic N) is 2. The van der Waals surface area contributed by atoms with E-state index >= 15 is 0 Å². The lowest BCUT2D eigenvalue weighted by Gasteiger charge is -2.06. The zero-order valence-corrected chi connectivity index (χ0v) is 11.5. The molecular weight excluding hydrogens is 333 g/mol. The van der Waals surface area contributed by atoms with E-state index in [1.54, 1.807) is 20.2 Å². The molecule has 0 spiro atoms. The van der Waals surface area contributed by atoms with E-state index in [1.807, 2.05) is 6.07 Å². The molecule has 0 aromatic carbocycles. The number of carbonyl (C=O) groups excluding carboxylic acids is 1. The Bertz CT molecular complexity index is 566. The third-order valence-corrected chi connectivity index (χ3v) is 3.23. The molecular formula is C11H10IN3O2. The quantitative estimate of drug-likeness (QED) is 0.685. The van der Waals surface area contributed by atoms with Crippen LogP contribution >= 0.6 is 22.6 Å². The van der Waals surface area contributed by atoms with Gasteiger partial charge in [-0.3, -0.25) is 4.79 Å². The van der Waals surface area contributed by atoms with Gasteiger partial charge in [-0.1, -0.05) is 0 Å². The van der Waals surface area contributed by atoms with Gasteiger partial charge in [0, 0.05) is 9.77 Å². The minimum absolute atomic E-state index is 0.474. The van der Waals surface area contributed by atoms with Crippen molar-refractivity contribution in [2.24, 2.45) is 0 Å². The second-order valence-electron chi connectivity index (χ2n) is 3.38. The van der Waals surface area contributed by atoms with Crippen LogP contribution < -0.4 is 4.74 Å². The summed E-state index contributed by atoms with van der Waals surface area (Å²) < 4.78 is 6.16. The van der Waals surface area contributed by atoms with Crippen LogP contribution in [0.3, 0.4) is 0 Å². The Morgan fingerprint density at radius 2 is 2.29 bits per heavy atom. The van der Waals surface area contributed by atoms with Gasteiger partial charge in [-0.05, 0) is 35.6 Å². The van der Waals surface area contributed by atoms with Gasteiger partial charge in [0.05, 0.1) is 18.4 Å². The van der Waals surface area contributed by atoms with Crippen LogP contribution in [0.1, 0.15) is 16.2 Å². The van der Waals surface area contributed by atoms with Gasteiger partial charge in [0.2, 0.25) is 5.88 Å². The number of aromatic amines is 1. The van der Waals surface area contributed by atoms with E-state index in [0.717, 1.165) is 15.4 Å². The van der Waals surface area contributed by atoms with E-state index in [-0.39, 0.29) is 0 Å². The molecule has 88 valence electrons. The van der Waals surface area contributed by atoms with Crippen molar-refractivity contribution < 1.29 is 9.53 Å².